The molecule has 4 amide bonds. The fourth-order valence-electron chi connectivity index (χ4n) is 5.33. The molecule has 12 heteroatoms. The summed E-state index contributed by atoms with van der Waals surface area (Å²) in [5.74, 6) is -2.34. The Morgan fingerprint density at radius 3 is 2.46 bits per heavy atom. The second-order valence-corrected chi connectivity index (χ2v) is 10.1. The minimum Gasteiger partial charge on any atom is -0.369 e. The number of benzene rings is 2. The first-order valence-electron chi connectivity index (χ1n) is 12.7. The Labute approximate surface area is 222 Å². The molecule has 0 radical (unpaired) electrons. The fraction of sp³-hybridized carbons (Fsp3) is 0.407. The van der Waals surface area contributed by atoms with Crippen LogP contribution in [-0.4, -0.2) is 78.9 Å². The molecule has 2 atom stereocenters. The Morgan fingerprint density at radius 1 is 1.05 bits per heavy atom. The number of amides is 4. The van der Waals surface area contributed by atoms with Crippen molar-refractivity contribution in [3.05, 3.63) is 64.7 Å². The first kappa shape index (κ1) is 26.7. The van der Waals surface area contributed by atoms with Gasteiger partial charge in [-0.2, -0.15) is 13.2 Å². The molecule has 0 saturated carbocycles. The van der Waals surface area contributed by atoms with E-state index in [9.17, 15) is 32.3 Å². The van der Waals surface area contributed by atoms with E-state index in [1.54, 1.807) is 12.1 Å². The van der Waals surface area contributed by atoms with Gasteiger partial charge < -0.3 is 20.0 Å². The van der Waals surface area contributed by atoms with Gasteiger partial charge in [0.05, 0.1) is 0 Å². The quantitative estimate of drug-likeness (QED) is 0.561. The number of anilines is 1. The summed E-state index contributed by atoms with van der Waals surface area (Å²) in [5.41, 5.74) is 1.05. The molecule has 2 N–H and O–H groups in total. The zero-order chi connectivity index (χ0) is 27.9. The van der Waals surface area contributed by atoms with Gasteiger partial charge in [-0.05, 0) is 43.3 Å². The molecule has 3 aliphatic rings. The van der Waals surface area contributed by atoms with Crippen molar-refractivity contribution in [1.29, 1.82) is 0 Å². The Balaban J connectivity index is 1.37. The van der Waals surface area contributed by atoms with Crippen LogP contribution in [0.4, 0.5) is 18.9 Å². The van der Waals surface area contributed by atoms with E-state index in [4.69, 9.17) is 0 Å². The molecule has 39 heavy (non-hydrogen) atoms. The largest absolute Gasteiger partial charge is 0.412 e. The molecular formula is C27H28F3N5O4. The number of alkyl halides is 3. The summed E-state index contributed by atoms with van der Waals surface area (Å²) in [6.45, 7) is 2.56. The standard InChI is InChI=1S/C27H28F3N5O4/c1-33-10-12-34(13-11-33)20-5-3-2-4-19(20)23(27(28,29)30)32-24(37)16-6-7-18-17(14-16)15-35(26(18)39)21-8-9-22(36)31-25(21)38/h2-7,14,21,23H,8-13,15H2,1H3,(H,32,37)(H,31,36,38)/t21?,23-/m1/s1. The van der Waals surface area contributed by atoms with Gasteiger partial charge in [0.2, 0.25) is 11.8 Å². The zero-order valence-corrected chi connectivity index (χ0v) is 21.3. The van der Waals surface area contributed by atoms with Gasteiger partial charge in [0, 0.05) is 61.5 Å². The maximum Gasteiger partial charge on any atom is 0.412 e. The third-order valence-electron chi connectivity index (χ3n) is 7.48. The van der Waals surface area contributed by atoms with E-state index in [0.717, 1.165) is 0 Å². The third kappa shape index (κ3) is 5.33. The molecule has 2 aromatic rings. The molecule has 0 aromatic heterocycles. The van der Waals surface area contributed by atoms with E-state index < -0.39 is 41.9 Å². The molecular weight excluding hydrogens is 515 g/mol. The lowest BCUT2D eigenvalue weighted by atomic mass is 10.0. The van der Waals surface area contributed by atoms with E-state index in [1.165, 1.54) is 35.2 Å². The van der Waals surface area contributed by atoms with Crippen LogP contribution in [0.15, 0.2) is 42.5 Å². The molecule has 5 rings (SSSR count). The smallest absolute Gasteiger partial charge is 0.369 e. The van der Waals surface area contributed by atoms with Gasteiger partial charge in [0.1, 0.15) is 6.04 Å². The SMILES string of the molecule is CN1CCN(c2ccccc2[C@@H](NC(=O)c2ccc3c(c2)CN(C2CCC(=O)NC2=O)C3=O)C(F)(F)F)CC1. The highest BCUT2D eigenvalue weighted by atomic mass is 19.4. The van der Waals surface area contributed by atoms with Crippen molar-refractivity contribution in [1.82, 2.24) is 20.4 Å². The van der Waals surface area contributed by atoms with Crippen LogP contribution in [0, 0.1) is 0 Å². The molecule has 0 spiro atoms. The fourth-order valence-corrected chi connectivity index (χ4v) is 5.33. The van der Waals surface area contributed by atoms with Gasteiger partial charge in [0.25, 0.3) is 11.8 Å². The van der Waals surface area contributed by atoms with Crippen molar-refractivity contribution in [3.8, 4) is 0 Å². The van der Waals surface area contributed by atoms with E-state index in [2.05, 4.69) is 15.5 Å². The summed E-state index contributed by atoms with van der Waals surface area (Å²) in [6, 6.07) is 7.22. The first-order chi connectivity index (χ1) is 18.5. The van der Waals surface area contributed by atoms with Crippen LogP contribution < -0.4 is 15.5 Å². The summed E-state index contributed by atoms with van der Waals surface area (Å²) < 4.78 is 43.0. The second-order valence-electron chi connectivity index (χ2n) is 10.1. The molecule has 2 fully saturated rings. The Bertz CT molecular complexity index is 1320. The number of piperidine rings is 1. The normalized spacial score (nSPS) is 21.0. The first-order valence-corrected chi connectivity index (χ1v) is 12.7. The summed E-state index contributed by atoms with van der Waals surface area (Å²) in [5, 5.41) is 4.38. The number of fused-ring (bicyclic) bond motifs is 1. The number of carbonyl (C=O) groups excluding carboxylic acids is 4. The van der Waals surface area contributed by atoms with E-state index in [1.807, 2.05) is 11.9 Å². The van der Waals surface area contributed by atoms with Gasteiger partial charge in [-0.3, -0.25) is 24.5 Å². The second kappa shape index (κ2) is 10.3. The number of rotatable bonds is 5. The molecule has 3 aliphatic heterocycles. The van der Waals surface area contributed by atoms with Crippen LogP contribution >= 0.6 is 0 Å². The zero-order valence-electron chi connectivity index (χ0n) is 21.3. The topological polar surface area (TPSA) is 102 Å². The van der Waals surface area contributed by atoms with Crippen molar-refractivity contribution in [3.63, 3.8) is 0 Å². The molecule has 3 heterocycles. The number of likely N-dealkylation sites (N-methyl/N-ethyl adjacent to an activating group) is 1. The predicted molar refractivity (Wildman–Crippen MR) is 135 cm³/mol. The number of hydrogen-bond donors (Lipinski definition) is 2. The van der Waals surface area contributed by atoms with Gasteiger partial charge in [-0.1, -0.05) is 18.2 Å². The van der Waals surface area contributed by atoms with E-state index in [0.29, 0.717) is 37.4 Å². The monoisotopic (exact) mass is 543 g/mol. The number of halogens is 3. The average Bonchev–Trinajstić information content (AvgIpc) is 3.22. The van der Waals surface area contributed by atoms with Crippen LogP contribution in [0.3, 0.4) is 0 Å². The number of piperazine rings is 1. The van der Waals surface area contributed by atoms with Gasteiger partial charge in [-0.25, -0.2) is 0 Å². The lowest BCUT2D eigenvalue weighted by molar-refractivity contribution is -0.155. The maximum atomic E-state index is 14.3. The number of para-hydroxylation sites is 1. The van der Waals surface area contributed by atoms with Crippen LogP contribution in [0.2, 0.25) is 0 Å². The highest BCUT2D eigenvalue weighted by molar-refractivity contribution is 6.06. The van der Waals surface area contributed by atoms with Gasteiger partial charge in [-0.15, -0.1) is 0 Å². The molecule has 206 valence electrons. The summed E-state index contributed by atoms with van der Waals surface area (Å²) >= 11 is 0. The Kier molecular flexibility index (Phi) is 7.06. The van der Waals surface area contributed by atoms with Crippen LogP contribution in [0.5, 0.6) is 0 Å². The number of imide groups is 1. The van der Waals surface area contributed by atoms with Crippen molar-refractivity contribution in [2.45, 2.75) is 37.6 Å². The Hall–Kier alpha value is -3.93. The Morgan fingerprint density at radius 2 is 1.77 bits per heavy atom. The number of hydrogen-bond acceptors (Lipinski definition) is 6. The molecule has 1 unspecified atom stereocenters. The highest BCUT2D eigenvalue weighted by Gasteiger charge is 2.44. The van der Waals surface area contributed by atoms with Crippen LogP contribution in [-0.2, 0) is 16.1 Å². The lowest BCUT2D eigenvalue weighted by Crippen LogP contribution is -2.52. The summed E-state index contributed by atoms with van der Waals surface area (Å²) in [6.07, 6.45) is -4.48. The average molecular weight is 544 g/mol. The van der Waals surface area contributed by atoms with Crippen LogP contribution in [0.1, 0.15) is 50.7 Å². The van der Waals surface area contributed by atoms with Crippen molar-refractivity contribution < 1.29 is 32.3 Å². The highest BCUT2D eigenvalue weighted by Crippen LogP contribution is 2.38. The van der Waals surface area contributed by atoms with Gasteiger partial charge in [0.15, 0.2) is 6.04 Å². The predicted octanol–water partition coefficient (Wildman–Crippen LogP) is 2.23. The maximum absolute atomic E-state index is 14.3. The third-order valence-corrected chi connectivity index (χ3v) is 7.48. The number of carbonyl (C=O) groups is 4. The molecule has 9 nitrogen and oxygen atoms in total. The number of nitrogens with one attached hydrogen (secondary N) is 2. The number of nitrogens with zero attached hydrogens (tertiary/aromatic N) is 3. The molecule has 0 aliphatic carbocycles. The molecule has 0 bridgehead atoms. The van der Waals surface area contributed by atoms with Crippen LogP contribution in [0.25, 0.3) is 0 Å². The molecule has 2 saturated heterocycles. The minimum atomic E-state index is -4.76. The summed E-state index contributed by atoms with van der Waals surface area (Å²) in [7, 11) is 1.95. The van der Waals surface area contributed by atoms with Crippen molar-refractivity contribution in [2.24, 2.45) is 0 Å². The lowest BCUT2D eigenvalue weighted by Gasteiger charge is -2.36. The van der Waals surface area contributed by atoms with E-state index in [-0.39, 0.29) is 36.1 Å². The van der Waals surface area contributed by atoms with E-state index >= 15 is 0 Å². The molecule has 2 aromatic carbocycles. The minimum absolute atomic E-state index is 0.0104. The van der Waals surface area contributed by atoms with Gasteiger partial charge >= 0.3 is 6.18 Å². The van der Waals surface area contributed by atoms with Crippen molar-refractivity contribution in [2.75, 3.05) is 38.1 Å². The van der Waals surface area contributed by atoms with Crippen molar-refractivity contribution >= 4 is 29.3 Å². The summed E-state index contributed by atoms with van der Waals surface area (Å²) in [4.78, 5) is 55.1.